The van der Waals surface area contributed by atoms with Gasteiger partial charge in [0.15, 0.2) is 0 Å². The van der Waals surface area contributed by atoms with Crippen LogP contribution < -0.4 is 9.47 Å². The zero-order valence-electron chi connectivity index (χ0n) is 14.2. The number of fused-ring (bicyclic) bond motifs is 2. The van der Waals surface area contributed by atoms with Gasteiger partial charge in [-0.3, -0.25) is 0 Å². The number of hydrogen-bond acceptors (Lipinski definition) is 4. The van der Waals surface area contributed by atoms with Crippen LogP contribution in [-0.4, -0.2) is 29.5 Å². The lowest BCUT2D eigenvalue weighted by Gasteiger charge is -2.27. The zero-order valence-corrected chi connectivity index (χ0v) is 15.1. The fourth-order valence-corrected chi connectivity index (χ4v) is 3.71. The number of hydrogen-bond donors (Lipinski definition) is 2. The Morgan fingerprint density at radius 1 is 1.16 bits per heavy atom. The molecule has 3 aromatic rings. The monoisotopic (exact) mass is 355 g/mol. The Hall–Kier alpha value is -2.21. The van der Waals surface area contributed by atoms with Crippen molar-refractivity contribution in [2.75, 3.05) is 18.1 Å². The van der Waals surface area contributed by atoms with E-state index in [0.717, 1.165) is 12.1 Å². The van der Waals surface area contributed by atoms with E-state index < -0.39 is 6.10 Å². The topological polar surface area (TPSA) is 47.6 Å². The maximum Gasteiger partial charge on any atom is 0.225 e. The van der Waals surface area contributed by atoms with Crippen LogP contribution in [0, 0.1) is 0 Å². The second-order valence-electron chi connectivity index (χ2n) is 6.01. The normalized spacial score (nSPS) is 14.0. The molecule has 4 nitrogen and oxygen atoms in total. The van der Waals surface area contributed by atoms with Gasteiger partial charge in [-0.25, -0.2) is 0 Å². The molecule has 25 heavy (non-hydrogen) atoms. The first kappa shape index (κ1) is 17.6. The van der Waals surface area contributed by atoms with Crippen LogP contribution in [0.5, 0.6) is 0 Å². The minimum absolute atomic E-state index is 0.202. The number of aryl methyl sites for hydroxylation is 1. The molecule has 4 rings (SSSR count). The van der Waals surface area contributed by atoms with Crippen molar-refractivity contribution in [2.45, 2.75) is 12.5 Å². The number of benzene rings is 2. The Labute approximate surface area is 151 Å². The van der Waals surface area contributed by atoms with Crippen LogP contribution in [0.15, 0.2) is 66.3 Å². The molecule has 0 amide bonds. The van der Waals surface area contributed by atoms with Gasteiger partial charge >= 0.3 is 0 Å². The summed E-state index contributed by atoms with van der Waals surface area (Å²) in [5, 5.41) is 18.2. The van der Waals surface area contributed by atoms with Gasteiger partial charge in [0.1, 0.15) is 11.7 Å². The van der Waals surface area contributed by atoms with E-state index in [1.165, 1.54) is 15.8 Å². The first-order chi connectivity index (χ1) is 12.2. The first-order valence-electron chi connectivity index (χ1n) is 8.31. The lowest BCUT2D eigenvalue weighted by molar-refractivity contribution is -0.640. The van der Waals surface area contributed by atoms with Gasteiger partial charge in [0, 0.05) is 18.0 Å². The van der Waals surface area contributed by atoms with E-state index in [1.54, 1.807) is 11.3 Å². The third-order valence-corrected chi connectivity index (χ3v) is 5.15. The van der Waals surface area contributed by atoms with Crippen LogP contribution in [0.25, 0.3) is 10.2 Å². The van der Waals surface area contributed by atoms with E-state index in [-0.39, 0.29) is 6.61 Å². The van der Waals surface area contributed by atoms with Gasteiger partial charge in [0.2, 0.25) is 11.0 Å². The van der Waals surface area contributed by atoms with Crippen molar-refractivity contribution in [3.05, 3.63) is 71.9 Å². The number of aliphatic hydroxyl groups is 2. The number of para-hydroxylation sites is 2. The Morgan fingerprint density at radius 3 is 2.72 bits per heavy atom. The highest BCUT2D eigenvalue weighted by atomic mass is 32.1. The van der Waals surface area contributed by atoms with Crippen molar-refractivity contribution in [2.24, 2.45) is 7.05 Å². The largest absolute Gasteiger partial charge is 0.394 e. The summed E-state index contributed by atoms with van der Waals surface area (Å²) in [5.74, 6) is 0. The van der Waals surface area contributed by atoms with Crippen molar-refractivity contribution in [3.8, 4) is 0 Å². The second kappa shape index (κ2) is 8.25. The predicted octanol–water partition coefficient (Wildman–Crippen LogP) is 2.64. The van der Waals surface area contributed by atoms with E-state index in [9.17, 15) is 5.11 Å². The van der Waals surface area contributed by atoms with Crippen LogP contribution in [0.3, 0.4) is 0 Å². The minimum Gasteiger partial charge on any atom is -0.394 e. The van der Waals surface area contributed by atoms with Crippen LogP contribution in [0.2, 0.25) is 0 Å². The summed E-state index contributed by atoms with van der Waals surface area (Å²) in [4.78, 5) is 1.97. The first-order valence-corrected chi connectivity index (χ1v) is 9.19. The summed E-state index contributed by atoms with van der Waals surface area (Å²) >= 11 is 1.78. The fraction of sp³-hybridized carbons (Fsp3) is 0.250. The Balaban J connectivity index is 0.000000157. The fourth-order valence-electron chi connectivity index (χ4n) is 2.84. The Bertz CT molecular complexity index is 860. The maximum atomic E-state index is 9.41. The maximum absolute atomic E-state index is 9.41. The molecule has 0 aliphatic carbocycles. The quantitative estimate of drug-likeness (QED) is 0.710. The third-order valence-electron chi connectivity index (χ3n) is 4.13. The molecule has 0 fully saturated rings. The van der Waals surface area contributed by atoms with Crippen molar-refractivity contribution < 1.29 is 14.8 Å². The molecule has 130 valence electrons. The molecule has 2 heterocycles. The zero-order chi connectivity index (χ0) is 17.6. The summed E-state index contributed by atoms with van der Waals surface area (Å²) in [6.07, 6.45) is 4.26. The van der Waals surface area contributed by atoms with Gasteiger partial charge in [-0.1, -0.05) is 47.7 Å². The van der Waals surface area contributed by atoms with Gasteiger partial charge in [0.05, 0.1) is 19.3 Å². The molecule has 2 aromatic carbocycles. The number of thiazole rings is 1. The molecule has 1 atom stereocenters. The number of nitrogens with zero attached hydrogens (tertiary/aromatic N) is 2. The van der Waals surface area contributed by atoms with E-state index in [1.807, 2.05) is 29.3 Å². The number of β-amino-alcohol motifs (C(OH)–C–C–N with tert-alkyl or cyclic N) is 1. The van der Waals surface area contributed by atoms with Crippen molar-refractivity contribution in [1.29, 1.82) is 0 Å². The molecular formula is C20H23N2O2S+. The van der Waals surface area contributed by atoms with Crippen molar-refractivity contribution in [1.82, 2.24) is 0 Å². The highest BCUT2D eigenvalue weighted by Crippen LogP contribution is 2.25. The highest BCUT2D eigenvalue weighted by molar-refractivity contribution is 7.16. The summed E-state index contributed by atoms with van der Waals surface area (Å²) in [5.41, 5.74) is 5.80. The molecule has 0 radical (unpaired) electrons. The van der Waals surface area contributed by atoms with Gasteiger partial charge in [-0.15, -0.1) is 0 Å². The van der Waals surface area contributed by atoms with Gasteiger partial charge in [-0.05, 0) is 24.1 Å². The van der Waals surface area contributed by atoms with Crippen LogP contribution in [0.4, 0.5) is 5.69 Å². The molecule has 2 N–H and O–H groups in total. The van der Waals surface area contributed by atoms with E-state index >= 15 is 0 Å². The Kier molecular flexibility index (Phi) is 5.81. The standard InChI is InChI=1S/C12H15NO2.C8H8NS/c14-9-11(15)8-13-7-3-5-10-4-1-2-6-12(10)13;1-9-6-10-8-5-3-2-4-7(8)9/h1-4,6-7,11,14-15H,5,8-9H2;2-6H,1H3/q;+1. The predicted molar refractivity (Wildman–Crippen MR) is 103 cm³/mol. The van der Waals surface area contributed by atoms with Gasteiger partial charge in [-0.2, -0.15) is 4.57 Å². The number of anilines is 1. The molecule has 1 aliphatic rings. The molecule has 0 bridgehead atoms. The molecule has 1 aliphatic heterocycles. The number of allylic oxidation sites excluding steroid dienone is 1. The molecule has 5 heteroatoms. The summed E-state index contributed by atoms with van der Waals surface area (Å²) in [6.45, 7) is 0.233. The third kappa shape index (κ3) is 4.25. The lowest BCUT2D eigenvalue weighted by Crippen LogP contribution is -2.32. The summed E-state index contributed by atoms with van der Waals surface area (Å²) in [7, 11) is 2.07. The number of aliphatic hydroxyl groups excluding tert-OH is 2. The molecule has 1 aromatic heterocycles. The SMILES string of the molecule is C[n+]1csc2ccccc21.OCC(O)CN1C=CCc2ccccc21. The van der Waals surface area contributed by atoms with Crippen molar-refractivity contribution >= 4 is 27.2 Å². The van der Waals surface area contributed by atoms with E-state index in [0.29, 0.717) is 6.54 Å². The average Bonchev–Trinajstić information content (AvgIpc) is 3.04. The van der Waals surface area contributed by atoms with E-state index in [4.69, 9.17) is 5.11 Å². The molecule has 1 unspecified atom stereocenters. The summed E-state index contributed by atoms with van der Waals surface area (Å²) in [6, 6.07) is 16.5. The smallest absolute Gasteiger partial charge is 0.225 e. The lowest BCUT2D eigenvalue weighted by atomic mass is 10.1. The molecular weight excluding hydrogens is 332 g/mol. The van der Waals surface area contributed by atoms with Crippen molar-refractivity contribution in [3.63, 3.8) is 0 Å². The average molecular weight is 355 g/mol. The van der Waals surface area contributed by atoms with Gasteiger partial charge in [0.25, 0.3) is 0 Å². The van der Waals surface area contributed by atoms with Crippen LogP contribution in [0.1, 0.15) is 5.56 Å². The highest BCUT2D eigenvalue weighted by Gasteiger charge is 2.14. The number of aromatic nitrogens is 1. The summed E-state index contributed by atoms with van der Waals surface area (Å²) < 4.78 is 3.49. The van der Waals surface area contributed by atoms with E-state index in [2.05, 4.69) is 53.5 Å². The molecule has 0 saturated carbocycles. The van der Waals surface area contributed by atoms with Gasteiger partial charge < -0.3 is 15.1 Å². The minimum atomic E-state index is -0.694. The van der Waals surface area contributed by atoms with Crippen LogP contribution >= 0.6 is 11.3 Å². The number of rotatable bonds is 3. The second-order valence-corrected chi connectivity index (χ2v) is 6.89. The molecule has 0 saturated heterocycles. The Morgan fingerprint density at radius 2 is 1.92 bits per heavy atom. The van der Waals surface area contributed by atoms with Crippen LogP contribution in [-0.2, 0) is 13.5 Å². The molecule has 0 spiro atoms.